The van der Waals surface area contributed by atoms with E-state index < -0.39 is 0 Å². The fraction of sp³-hybridized carbons (Fsp3) is 0.364. The molecule has 0 saturated heterocycles. The lowest BCUT2D eigenvalue weighted by molar-refractivity contribution is -0.115. The first-order valence-corrected chi connectivity index (χ1v) is 11.4. The molecule has 0 aliphatic rings. The van der Waals surface area contributed by atoms with Crippen LogP contribution in [0.3, 0.4) is 0 Å². The van der Waals surface area contributed by atoms with Gasteiger partial charge in [-0.05, 0) is 58.5 Å². The highest BCUT2D eigenvalue weighted by Gasteiger charge is 2.16. The highest BCUT2D eigenvalue weighted by molar-refractivity contribution is 7.98. The molecule has 0 unspecified atom stereocenters. The SMILES string of the molecule is CSc1nc2nc(C)c(CC(=O)Nc3ccc4c(ccn4CCN(C)C)c3)c(C)n2n1. The number of nitrogens with zero attached hydrogens (tertiary/aromatic N) is 6. The highest BCUT2D eigenvalue weighted by atomic mass is 32.2. The molecule has 1 aromatic carbocycles. The van der Waals surface area contributed by atoms with Crippen molar-refractivity contribution in [2.45, 2.75) is 32.0 Å². The Hall–Kier alpha value is -2.91. The van der Waals surface area contributed by atoms with Gasteiger partial charge < -0.3 is 14.8 Å². The number of carbonyl (C=O) groups excluding carboxylic acids is 1. The summed E-state index contributed by atoms with van der Waals surface area (Å²) in [4.78, 5) is 23.9. The molecule has 0 spiro atoms. The zero-order valence-electron chi connectivity index (χ0n) is 18.5. The van der Waals surface area contributed by atoms with Crippen LogP contribution >= 0.6 is 11.8 Å². The van der Waals surface area contributed by atoms with Gasteiger partial charge in [0, 0.05) is 52.8 Å². The van der Waals surface area contributed by atoms with Gasteiger partial charge in [0.2, 0.25) is 11.1 Å². The van der Waals surface area contributed by atoms with Gasteiger partial charge in [-0.1, -0.05) is 11.8 Å². The van der Waals surface area contributed by atoms with E-state index in [1.54, 1.807) is 4.52 Å². The zero-order chi connectivity index (χ0) is 22.1. The summed E-state index contributed by atoms with van der Waals surface area (Å²) in [7, 11) is 4.14. The second-order valence-corrected chi connectivity index (χ2v) is 8.66. The van der Waals surface area contributed by atoms with E-state index >= 15 is 0 Å². The van der Waals surface area contributed by atoms with E-state index in [0.29, 0.717) is 10.9 Å². The van der Waals surface area contributed by atoms with Gasteiger partial charge in [-0.3, -0.25) is 4.79 Å². The topological polar surface area (TPSA) is 80.4 Å². The van der Waals surface area contributed by atoms with Gasteiger partial charge in [0.1, 0.15) is 0 Å². The van der Waals surface area contributed by atoms with Crippen LogP contribution < -0.4 is 5.32 Å². The van der Waals surface area contributed by atoms with Crippen LogP contribution in [0.5, 0.6) is 0 Å². The summed E-state index contributed by atoms with van der Waals surface area (Å²) < 4.78 is 3.94. The maximum atomic E-state index is 12.8. The lowest BCUT2D eigenvalue weighted by Crippen LogP contribution is -2.18. The minimum Gasteiger partial charge on any atom is -0.346 e. The third-order valence-corrected chi connectivity index (χ3v) is 5.93. The Balaban J connectivity index is 1.51. The number of anilines is 1. The number of aryl methyl sites for hydroxylation is 2. The van der Waals surface area contributed by atoms with E-state index in [0.717, 1.165) is 46.6 Å². The van der Waals surface area contributed by atoms with Crippen LogP contribution in [-0.4, -0.2) is 61.9 Å². The Morgan fingerprint density at radius 3 is 2.74 bits per heavy atom. The first kappa shape index (κ1) is 21.3. The van der Waals surface area contributed by atoms with Crippen molar-refractivity contribution in [1.29, 1.82) is 0 Å². The number of nitrogens with one attached hydrogen (secondary N) is 1. The molecular weight excluding hydrogens is 410 g/mol. The van der Waals surface area contributed by atoms with Crippen LogP contribution in [0.2, 0.25) is 0 Å². The van der Waals surface area contributed by atoms with E-state index in [9.17, 15) is 4.79 Å². The van der Waals surface area contributed by atoms with Crippen LogP contribution in [-0.2, 0) is 17.8 Å². The molecule has 3 aromatic heterocycles. The average molecular weight is 438 g/mol. The number of rotatable bonds is 7. The molecule has 31 heavy (non-hydrogen) atoms. The van der Waals surface area contributed by atoms with E-state index in [-0.39, 0.29) is 12.3 Å². The Kier molecular flexibility index (Phi) is 5.97. The molecule has 1 N–H and O–H groups in total. The molecule has 162 valence electrons. The number of likely N-dealkylation sites (N-methyl/N-ethyl adjacent to an activating group) is 1. The van der Waals surface area contributed by atoms with Gasteiger partial charge in [0.15, 0.2) is 0 Å². The second-order valence-electron chi connectivity index (χ2n) is 7.88. The summed E-state index contributed by atoms with van der Waals surface area (Å²) in [5, 5.41) is 9.26. The van der Waals surface area contributed by atoms with Crippen LogP contribution in [0.1, 0.15) is 17.0 Å². The molecule has 4 rings (SSSR count). The van der Waals surface area contributed by atoms with Crippen molar-refractivity contribution in [3.05, 3.63) is 47.4 Å². The first-order valence-electron chi connectivity index (χ1n) is 10.2. The third-order valence-electron chi connectivity index (χ3n) is 5.39. The molecule has 3 heterocycles. The molecule has 9 heteroatoms. The average Bonchev–Trinajstić information content (AvgIpc) is 3.33. The molecule has 0 radical (unpaired) electrons. The monoisotopic (exact) mass is 437 g/mol. The molecule has 1 amide bonds. The zero-order valence-corrected chi connectivity index (χ0v) is 19.3. The summed E-state index contributed by atoms with van der Waals surface area (Å²) in [5.41, 5.74) is 4.51. The number of benzene rings is 1. The normalized spacial score (nSPS) is 11.7. The van der Waals surface area contributed by atoms with E-state index in [4.69, 9.17) is 0 Å². The standard InChI is InChI=1S/C22H27N7OS/c1-14-18(15(2)29-21(23-14)25-22(26-29)31-5)13-20(30)24-17-6-7-19-16(12-17)8-9-28(19)11-10-27(3)4/h6-9,12H,10-11,13H2,1-5H3,(H,24,30). The fourth-order valence-electron chi connectivity index (χ4n) is 3.68. The van der Waals surface area contributed by atoms with Crippen molar-refractivity contribution in [3.8, 4) is 0 Å². The fourth-order valence-corrected chi connectivity index (χ4v) is 4.01. The smallest absolute Gasteiger partial charge is 0.253 e. The van der Waals surface area contributed by atoms with Crippen LogP contribution in [0.25, 0.3) is 16.7 Å². The summed E-state index contributed by atoms with van der Waals surface area (Å²) in [6.07, 6.45) is 4.25. The van der Waals surface area contributed by atoms with Crippen LogP contribution in [0.15, 0.2) is 35.6 Å². The highest BCUT2D eigenvalue weighted by Crippen LogP contribution is 2.22. The lowest BCUT2D eigenvalue weighted by atomic mass is 10.1. The number of amides is 1. The van der Waals surface area contributed by atoms with Crippen molar-refractivity contribution < 1.29 is 4.79 Å². The molecule has 0 fully saturated rings. The van der Waals surface area contributed by atoms with Crippen LogP contribution in [0.4, 0.5) is 5.69 Å². The molecule has 0 aliphatic heterocycles. The van der Waals surface area contributed by atoms with E-state index in [1.165, 1.54) is 11.8 Å². The number of hydrogen-bond donors (Lipinski definition) is 1. The second kappa shape index (κ2) is 8.68. The summed E-state index contributed by atoms with van der Waals surface area (Å²) in [6, 6.07) is 8.11. The Morgan fingerprint density at radius 1 is 1.19 bits per heavy atom. The Morgan fingerprint density at radius 2 is 2.00 bits per heavy atom. The number of fused-ring (bicyclic) bond motifs is 2. The van der Waals surface area contributed by atoms with E-state index in [1.807, 2.05) is 32.2 Å². The molecule has 4 aromatic rings. The number of thioether (sulfide) groups is 1. The first-order chi connectivity index (χ1) is 14.9. The molecular formula is C22H27N7OS. The number of aromatic nitrogens is 5. The van der Waals surface area contributed by atoms with Gasteiger partial charge >= 0.3 is 0 Å². The van der Waals surface area contributed by atoms with Crippen molar-refractivity contribution >= 4 is 40.0 Å². The quantitative estimate of drug-likeness (QED) is 0.448. The molecule has 0 atom stereocenters. The summed E-state index contributed by atoms with van der Waals surface area (Å²) in [5.74, 6) is 0.483. The van der Waals surface area contributed by atoms with E-state index in [2.05, 4.69) is 62.3 Å². The lowest BCUT2D eigenvalue weighted by Gasteiger charge is -2.12. The predicted octanol–water partition coefficient (Wildman–Crippen LogP) is 3.16. The Bertz CT molecular complexity index is 1260. The molecule has 0 bridgehead atoms. The van der Waals surface area contributed by atoms with Crippen molar-refractivity contribution in [3.63, 3.8) is 0 Å². The molecule has 8 nitrogen and oxygen atoms in total. The minimum absolute atomic E-state index is 0.0797. The van der Waals surface area contributed by atoms with Gasteiger partial charge in [0.05, 0.1) is 6.42 Å². The van der Waals surface area contributed by atoms with Gasteiger partial charge in [0.25, 0.3) is 5.78 Å². The molecule has 0 saturated carbocycles. The minimum atomic E-state index is -0.0797. The van der Waals surface area contributed by atoms with Crippen LogP contribution in [0, 0.1) is 13.8 Å². The summed E-state index contributed by atoms with van der Waals surface area (Å²) in [6.45, 7) is 5.76. The number of hydrogen-bond acceptors (Lipinski definition) is 6. The molecule has 0 aliphatic carbocycles. The number of carbonyl (C=O) groups is 1. The summed E-state index contributed by atoms with van der Waals surface area (Å²) >= 11 is 1.47. The van der Waals surface area contributed by atoms with Gasteiger partial charge in [-0.15, -0.1) is 5.10 Å². The Labute approximate surface area is 185 Å². The van der Waals surface area contributed by atoms with Crippen molar-refractivity contribution in [1.82, 2.24) is 29.0 Å². The van der Waals surface area contributed by atoms with Gasteiger partial charge in [-0.25, -0.2) is 9.50 Å². The predicted molar refractivity (Wildman–Crippen MR) is 125 cm³/mol. The largest absolute Gasteiger partial charge is 0.346 e. The van der Waals surface area contributed by atoms with Crippen molar-refractivity contribution in [2.75, 3.05) is 32.2 Å². The van der Waals surface area contributed by atoms with Gasteiger partial charge in [-0.2, -0.15) is 4.98 Å². The maximum Gasteiger partial charge on any atom is 0.253 e. The maximum absolute atomic E-state index is 12.8. The third kappa shape index (κ3) is 4.42. The van der Waals surface area contributed by atoms with Crippen molar-refractivity contribution in [2.24, 2.45) is 0 Å².